The molecule has 1 N–H and O–H groups in total. The molecule has 0 aliphatic heterocycles. The third-order valence-corrected chi connectivity index (χ3v) is 4.33. The van der Waals surface area contributed by atoms with Crippen LogP contribution in [-0.4, -0.2) is 28.5 Å². The maximum absolute atomic E-state index is 12.2. The molecular weight excluding hydrogens is 366 g/mol. The molecular formula is C20H18ClN3O3. The first-order valence-electron chi connectivity index (χ1n) is 8.32. The SMILES string of the molecule is COC(=O)c1ccc(CCC(=O)Nc2ccc(-n3ccnc3)c(Cl)c2)cc1. The van der Waals surface area contributed by atoms with Gasteiger partial charge in [0, 0.05) is 24.5 Å². The summed E-state index contributed by atoms with van der Waals surface area (Å²) in [5.41, 5.74) is 2.87. The summed E-state index contributed by atoms with van der Waals surface area (Å²) in [7, 11) is 1.34. The summed E-state index contributed by atoms with van der Waals surface area (Å²) in [5, 5.41) is 3.36. The van der Waals surface area contributed by atoms with E-state index in [-0.39, 0.29) is 11.9 Å². The summed E-state index contributed by atoms with van der Waals surface area (Å²) in [6.07, 6.45) is 6.01. The summed E-state index contributed by atoms with van der Waals surface area (Å²) in [6.45, 7) is 0. The number of rotatable bonds is 6. The van der Waals surface area contributed by atoms with Crippen LogP contribution < -0.4 is 5.32 Å². The molecule has 0 aliphatic rings. The Morgan fingerprint density at radius 3 is 2.59 bits per heavy atom. The normalized spacial score (nSPS) is 10.4. The Bertz CT molecular complexity index is 938. The summed E-state index contributed by atoms with van der Waals surface area (Å²) in [4.78, 5) is 27.6. The maximum atomic E-state index is 12.2. The van der Waals surface area contributed by atoms with Gasteiger partial charge in [-0.1, -0.05) is 23.7 Å². The van der Waals surface area contributed by atoms with Crippen LogP contribution in [0.5, 0.6) is 0 Å². The number of carbonyl (C=O) groups is 2. The fourth-order valence-corrected chi connectivity index (χ4v) is 2.88. The second-order valence-corrected chi connectivity index (χ2v) is 6.28. The minimum absolute atomic E-state index is 0.113. The Morgan fingerprint density at radius 1 is 1.19 bits per heavy atom. The molecule has 1 heterocycles. The van der Waals surface area contributed by atoms with Gasteiger partial charge in [0.25, 0.3) is 0 Å². The number of anilines is 1. The van der Waals surface area contributed by atoms with E-state index in [0.717, 1.165) is 11.3 Å². The summed E-state index contributed by atoms with van der Waals surface area (Å²) in [5.74, 6) is -0.492. The van der Waals surface area contributed by atoms with Gasteiger partial charge in [-0.2, -0.15) is 0 Å². The third kappa shape index (κ3) is 4.74. The predicted molar refractivity (Wildman–Crippen MR) is 103 cm³/mol. The zero-order chi connectivity index (χ0) is 19.2. The standard InChI is InChI=1S/C20H18ClN3O3/c1-27-20(26)15-5-2-14(3-6-15)4-9-19(25)23-16-7-8-18(17(21)12-16)24-11-10-22-13-24/h2-3,5-8,10-13H,4,9H2,1H3,(H,23,25). The minimum atomic E-state index is -0.379. The van der Waals surface area contributed by atoms with Crippen LogP contribution in [0.15, 0.2) is 61.2 Å². The van der Waals surface area contributed by atoms with E-state index >= 15 is 0 Å². The van der Waals surface area contributed by atoms with Gasteiger partial charge >= 0.3 is 5.97 Å². The average Bonchev–Trinajstić information content (AvgIpc) is 3.20. The highest BCUT2D eigenvalue weighted by Gasteiger charge is 2.08. The molecule has 0 spiro atoms. The molecule has 0 aliphatic carbocycles. The van der Waals surface area contributed by atoms with Crippen LogP contribution in [0.4, 0.5) is 5.69 Å². The summed E-state index contributed by atoms with van der Waals surface area (Å²) >= 11 is 6.29. The van der Waals surface area contributed by atoms with Gasteiger partial charge in [-0.3, -0.25) is 4.79 Å². The summed E-state index contributed by atoms with van der Waals surface area (Å²) < 4.78 is 6.46. The lowest BCUT2D eigenvalue weighted by atomic mass is 10.1. The molecule has 27 heavy (non-hydrogen) atoms. The zero-order valence-corrected chi connectivity index (χ0v) is 15.4. The molecule has 3 rings (SSSR count). The zero-order valence-electron chi connectivity index (χ0n) is 14.7. The number of benzene rings is 2. The van der Waals surface area contributed by atoms with Crippen molar-refractivity contribution in [2.75, 3.05) is 12.4 Å². The van der Waals surface area contributed by atoms with Gasteiger partial charge in [0.05, 0.1) is 29.7 Å². The lowest BCUT2D eigenvalue weighted by molar-refractivity contribution is -0.116. The van der Waals surface area contributed by atoms with E-state index in [1.807, 2.05) is 18.2 Å². The number of aryl methyl sites for hydroxylation is 1. The number of aromatic nitrogens is 2. The van der Waals surface area contributed by atoms with Gasteiger partial charge in [0.2, 0.25) is 5.91 Å². The van der Waals surface area contributed by atoms with E-state index in [1.165, 1.54) is 7.11 Å². The Balaban J connectivity index is 1.56. The maximum Gasteiger partial charge on any atom is 0.337 e. The Hall–Kier alpha value is -3.12. The number of amides is 1. The predicted octanol–water partition coefficient (Wildman–Crippen LogP) is 3.88. The van der Waals surface area contributed by atoms with Crippen molar-refractivity contribution in [3.8, 4) is 5.69 Å². The smallest absolute Gasteiger partial charge is 0.337 e. The summed E-state index contributed by atoms with van der Waals surface area (Å²) in [6, 6.07) is 12.3. The van der Waals surface area contributed by atoms with Gasteiger partial charge in [-0.15, -0.1) is 0 Å². The number of nitrogens with zero attached hydrogens (tertiary/aromatic N) is 2. The molecule has 0 bridgehead atoms. The van der Waals surface area contributed by atoms with Crippen LogP contribution in [0.3, 0.4) is 0 Å². The highest BCUT2D eigenvalue weighted by molar-refractivity contribution is 6.32. The van der Waals surface area contributed by atoms with Crippen molar-refractivity contribution in [2.45, 2.75) is 12.8 Å². The fourth-order valence-electron chi connectivity index (χ4n) is 2.60. The second-order valence-electron chi connectivity index (χ2n) is 5.87. The second kappa shape index (κ2) is 8.51. The first kappa shape index (κ1) is 18.7. The molecule has 2 aromatic carbocycles. The number of esters is 1. The monoisotopic (exact) mass is 383 g/mol. The van der Waals surface area contributed by atoms with Gasteiger partial charge in [-0.05, 0) is 42.3 Å². The minimum Gasteiger partial charge on any atom is -0.465 e. The lowest BCUT2D eigenvalue weighted by Gasteiger charge is -2.09. The Morgan fingerprint density at radius 2 is 1.96 bits per heavy atom. The number of halogens is 1. The number of hydrogen-bond donors (Lipinski definition) is 1. The first-order chi connectivity index (χ1) is 13.1. The quantitative estimate of drug-likeness (QED) is 0.655. The molecule has 3 aromatic rings. The molecule has 0 saturated carbocycles. The number of ether oxygens (including phenoxy) is 1. The largest absolute Gasteiger partial charge is 0.465 e. The molecule has 1 amide bonds. The van der Waals surface area contributed by atoms with E-state index in [2.05, 4.69) is 15.0 Å². The van der Waals surface area contributed by atoms with Gasteiger partial charge in [0.15, 0.2) is 0 Å². The van der Waals surface area contributed by atoms with E-state index < -0.39 is 0 Å². The van der Waals surface area contributed by atoms with Gasteiger partial charge in [-0.25, -0.2) is 9.78 Å². The molecule has 0 radical (unpaired) electrons. The van der Waals surface area contributed by atoms with Crippen LogP contribution in [-0.2, 0) is 16.0 Å². The van der Waals surface area contributed by atoms with Crippen LogP contribution in [0, 0.1) is 0 Å². The van der Waals surface area contributed by atoms with E-state index in [1.54, 1.807) is 47.6 Å². The molecule has 0 atom stereocenters. The molecule has 7 heteroatoms. The molecule has 138 valence electrons. The Kier molecular flexibility index (Phi) is 5.88. The van der Waals surface area contributed by atoms with Crippen molar-refractivity contribution >= 4 is 29.2 Å². The molecule has 0 saturated heterocycles. The first-order valence-corrected chi connectivity index (χ1v) is 8.69. The van der Waals surface area contributed by atoms with Gasteiger partial charge in [0.1, 0.15) is 0 Å². The highest BCUT2D eigenvalue weighted by atomic mass is 35.5. The van der Waals surface area contributed by atoms with Crippen LogP contribution in [0.1, 0.15) is 22.3 Å². The number of hydrogen-bond acceptors (Lipinski definition) is 4. The topological polar surface area (TPSA) is 73.2 Å². The lowest BCUT2D eigenvalue weighted by Crippen LogP contribution is -2.12. The third-order valence-electron chi connectivity index (χ3n) is 4.03. The van der Waals surface area contributed by atoms with Crippen LogP contribution in [0.25, 0.3) is 5.69 Å². The highest BCUT2D eigenvalue weighted by Crippen LogP contribution is 2.24. The van der Waals surface area contributed by atoms with Crippen LogP contribution in [0.2, 0.25) is 5.02 Å². The van der Waals surface area contributed by atoms with E-state index in [4.69, 9.17) is 11.6 Å². The molecule has 0 unspecified atom stereocenters. The molecule has 6 nitrogen and oxygen atoms in total. The van der Waals surface area contributed by atoms with Crippen molar-refractivity contribution in [1.29, 1.82) is 0 Å². The van der Waals surface area contributed by atoms with Crippen molar-refractivity contribution in [3.05, 3.63) is 77.3 Å². The Labute approximate surface area is 161 Å². The van der Waals surface area contributed by atoms with Crippen molar-refractivity contribution in [1.82, 2.24) is 9.55 Å². The van der Waals surface area contributed by atoms with Gasteiger partial charge < -0.3 is 14.6 Å². The molecule has 0 fully saturated rings. The van der Waals surface area contributed by atoms with Crippen molar-refractivity contribution < 1.29 is 14.3 Å². The van der Waals surface area contributed by atoms with Crippen molar-refractivity contribution in [3.63, 3.8) is 0 Å². The number of imidazole rings is 1. The van der Waals surface area contributed by atoms with Crippen LogP contribution >= 0.6 is 11.6 Å². The number of carbonyl (C=O) groups excluding carboxylic acids is 2. The van der Waals surface area contributed by atoms with Crippen molar-refractivity contribution in [2.24, 2.45) is 0 Å². The fraction of sp³-hybridized carbons (Fsp3) is 0.150. The van der Waals surface area contributed by atoms with E-state index in [9.17, 15) is 9.59 Å². The number of nitrogens with one attached hydrogen (secondary N) is 1. The van der Waals surface area contributed by atoms with E-state index in [0.29, 0.717) is 29.1 Å². The number of methoxy groups -OCH3 is 1. The molecule has 1 aromatic heterocycles. The average molecular weight is 384 g/mol.